The van der Waals surface area contributed by atoms with E-state index >= 15 is 0 Å². The molecular formula is C15H17FN2O. The zero-order valence-electron chi connectivity index (χ0n) is 10.7. The van der Waals surface area contributed by atoms with Gasteiger partial charge in [-0.25, -0.2) is 4.39 Å². The number of anilines is 1. The lowest BCUT2D eigenvalue weighted by molar-refractivity contribution is 0.218. The molecule has 2 N–H and O–H groups in total. The highest BCUT2D eigenvalue weighted by molar-refractivity contribution is 5.94. The molecule has 1 aromatic heterocycles. The van der Waals surface area contributed by atoms with Crippen LogP contribution in [0.4, 0.5) is 10.1 Å². The van der Waals surface area contributed by atoms with Crippen molar-refractivity contribution in [1.82, 2.24) is 4.98 Å². The summed E-state index contributed by atoms with van der Waals surface area (Å²) in [5.74, 6) is 0.539. The first-order valence-corrected chi connectivity index (χ1v) is 6.71. The Hall–Kier alpha value is -1.84. The second-order valence-electron chi connectivity index (χ2n) is 5.11. The summed E-state index contributed by atoms with van der Waals surface area (Å²) in [4.78, 5) is 4.19. The van der Waals surface area contributed by atoms with E-state index in [-0.39, 0.29) is 5.75 Å². The van der Waals surface area contributed by atoms with Gasteiger partial charge in [-0.05, 0) is 24.5 Å². The number of halogens is 1. The van der Waals surface area contributed by atoms with E-state index in [0.717, 1.165) is 17.7 Å². The van der Waals surface area contributed by atoms with Gasteiger partial charge in [0.05, 0.1) is 6.61 Å². The van der Waals surface area contributed by atoms with Crippen molar-refractivity contribution in [2.45, 2.75) is 25.7 Å². The van der Waals surface area contributed by atoms with Gasteiger partial charge in [-0.15, -0.1) is 0 Å². The number of hydrogen-bond acceptors (Lipinski definition) is 3. The lowest BCUT2D eigenvalue weighted by Gasteiger charge is -2.25. The first-order valence-electron chi connectivity index (χ1n) is 6.71. The molecule has 1 aliphatic carbocycles. The standard InChI is InChI=1S/C15H17FN2O/c16-12-9-13(17)11-5-2-7-18-14(11)15(12)19-8-6-10-3-1-4-10/h2,5,7,9-10H,1,3-4,6,8,17H2. The molecule has 1 aromatic carbocycles. The van der Waals surface area contributed by atoms with E-state index in [4.69, 9.17) is 10.5 Å². The highest BCUT2D eigenvalue weighted by Crippen LogP contribution is 2.33. The Balaban J connectivity index is 1.84. The molecule has 1 saturated carbocycles. The molecule has 1 aliphatic rings. The molecule has 3 rings (SSSR count). The van der Waals surface area contributed by atoms with Gasteiger partial charge in [-0.1, -0.05) is 19.3 Å². The number of nitrogen functional groups attached to an aromatic ring is 1. The molecule has 100 valence electrons. The van der Waals surface area contributed by atoms with Crippen molar-refractivity contribution < 1.29 is 9.13 Å². The molecule has 2 aromatic rings. The number of fused-ring (bicyclic) bond motifs is 1. The van der Waals surface area contributed by atoms with Crippen molar-refractivity contribution in [3.05, 3.63) is 30.2 Å². The largest absolute Gasteiger partial charge is 0.488 e. The molecule has 1 heterocycles. The maximum Gasteiger partial charge on any atom is 0.181 e. The third-order valence-electron chi connectivity index (χ3n) is 3.83. The average Bonchev–Trinajstić information content (AvgIpc) is 2.35. The van der Waals surface area contributed by atoms with Gasteiger partial charge in [0.2, 0.25) is 0 Å². The van der Waals surface area contributed by atoms with Gasteiger partial charge in [0.25, 0.3) is 0 Å². The first kappa shape index (κ1) is 12.2. The van der Waals surface area contributed by atoms with Crippen molar-refractivity contribution in [3.8, 4) is 5.75 Å². The monoisotopic (exact) mass is 260 g/mol. The fraction of sp³-hybridized carbons (Fsp3) is 0.400. The Kier molecular flexibility index (Phi) is 3.23. The lowest BCUT2D eigenvalue weighted by Crippen LogP contribution is -2.15. The van der Waals surface area contributed by atoms with Gasteiger partial charge in [-0.3, -0.25) is 4.98 Å². The molecule has 4 heteroatoms. The van der Waals surface area contributed by atoms with Crippen LogP contribution in [0.15, 0.2) is 24.4 Å². The number of hydrogen-bond donors (Lipinski definition) is 1. The Morgan fingerprint density at radius 2 is 2.26 bits per heavy atom. The zero-order valence-corrected chi connectivity index (χ0v) is 10.7. The van der Waals surface area contributed by atoms with E-state index in [1.165, 1.54) is 25.3 Å². The summed E-state index contributed by atoms with van der Waals surface area (Å²) in [5.41, 5.74) is 6.70. The summed E-state index contributed by atoms with van der Waals surface area (Å²) >= 11 is 0. The Bertz CT molecular complexity index is 596. The Morgan fingerprint density at radius 3 is 3.00 bits per heavy atom. The van der Waals surface area contributed by atoms with Crippen LogP contribution in [0.1, 0.15) is 25.7 Å². The van der Waals surface area contributed by atoms with Gasteiger partial charge in [0.1, 0.15) is 5.52 Å². The minimum absolute atomic E-state index is 0.226. The Labute approximate surface area is 111 Å². The van der Waals surface area contributed by atoms with E-state index in [1.807, 2.05) is 6.07 Å². The maximum absolute atomic E-state index is 14.0. The number of nitrogens with two attached hydrogens (primary N) is 1. The van der Waals surface area contributed by atoms with Gasteiger partial charge in [0, 0.05) is 23.3 Å². The third kappa shape index (κ3) is 2.35. The number of pyridine rings is 1. The van der Waals surface area contributed by atoms with Crippen LogP contribution in [0, 0.1) is 11.7 Å². The first-order chi connectivity index (χ1) is 9.25. The minimum Gasteiger partial charge on any atom is -0.488 e. The fourth-order valence-electron chi connectivity index (χ4n) is 2.46. The fourth-order valence-corrected chi connectivity index (χ4v) is 2.46. The number of rotatable bonds is 4. The molecule has 19 heavy (non-hydrogen) atoms. The van der Waals surface area contributed by atoms with Gasteiger partial charge < -0.3 is 10.5 Å². The van der Waals surface area contributed by atoms with Crippen molar-refractivity contribution in [2.24, 2.45) is 5.92 Å². The van der Waals surface area contributed by atoms with E-state index < -0.39 is 5.82 Å². The maximum atomic E-state index is 14.0. The molecule has 0 spiro atoms. The smallest absolute Gasteiger partial charge is 0.181 e. The van der Waals surface area contributed by atoms with Crippen LogP contribution in [-0.4, -0.2) is 11.6 Å². The molecule has 0 bridgehead atoms. The summed E-state index contributed by atoms with van der Waals surface area (Å²) in [5, 5.41) is 0.738. The summed E-state index contributed by atoms with van der Waals surface area (Å²) in [6, 6.07) is 4.92. The molecule has 0 radical (unpaired) electrons. The molecule has 3 nitrogen and oxygen atoms in total. The number of ether oxygens (including phenoxy) is 1. The molecule has 0 amide bonds. The van der Waals surface area contributed by atoms with Crippen molar-refractivity contribution in [2.75, 3.05) is 12.3 Å². The van der Waals surface area contributed by atoms with Gasteiger partial charge >= 0.3 is 0 Å². The molecular weight excluding hydrogens is 243 g/mol. The molecule has 0 unspecified atom stereocenters. The number of aromatic nitrogens is 1. The average molecular weight is 260 g/mol. The topological polar surface area (TPSA) is 48.1 Å². The second kappa shape index (κ2) is 5.03. The van der Waals surface area contributed by atoms with Crippen molar-refractivity contribution >= 4 is 16.6 Å². The number of nitrogens with zero attached hydrogens (tertiary/aromatic N) is 1. The van der Waals surface area contributed by atoms with Crippen LogP contribution in [-0.2, 0) is 0 Å². The molecule has 0 atom stereocenters. The van der Waals surface area contributed by atoms with Crippen LogP contribution in [0.2, 0.25) is 0 Å². The van der Waals surface area contributed by atoms with Crippen LogP contribution in [0.5, 0.6) is 5.75 Å². The SMILES string of the molecule is Nc1cc(F)c(OCCC2CCC2)c2ncccc12. The molecule has 0 aliphatic heterocycles. The minimum atomic E-state index is -0.433. The van der Waals surface area contributed by atoms with Crippen LogP contribution in [0.25, 0.3) is 10.9 Å². The highest BCUT2D eigenvalue weighted by Gasteiger charge is 2.18. The predicted octanol–water partition coefficient (Wildman–Crippen LogP) is 3.53. The van der Waals surface area contributed by atoms with Crippen molar-refractivity contribution in [1.29, 1.82) is 0 Å². The predicted molar refractivity (Wildman–Crippen MR) is 73.6 cm³/mol. The van der Waals surface area contributed by atoms with Crippen molar-refractivity contribution in [3.63, 3.8) is 0 Å². The summed E-state index contributed by atoms with van der Waals surface area (Å²) in [6.45, 7) is 0.539. The molecule has 0 saturated heterocycles. The van der Waals surface area contributed by atoms with Gasteiger partial charge in [0.15, 0.2) is 11.6 Å². The number of benzene rings is 1. The van der Waals surface area contributed by atoms with E-state index in [9.17, 15) is 4.39 Å². The normalized spacial score (nSPS) is 15.4. The van der Waals surface area contributed by atoms with Gasteiger partial charge in [-0.2, -0.15) is 0 Å². The Morgan fingerprint density at radius 1 is 1.42 bits per heavy atom. The summed E-state index contributed by atoms with van der Waals surface area (Å²) in [6.07, 6.45) is 6.46. The second-order valence-corrected chi connectivity index (χ2v) is 5.11. The zero-order chi connectivity index (χ0) is 13.2. The van der Waals surface area contributed by atoms with Crippen LogP contribution >= 0.6 is 0 Å². The van der Waals surface area contributed by atoms with Crippen LogP contribution < -0.4 is 10.5 Å². The summed E-state index contributed by atoms with van der Waals surface area (Å²) < 4.78 is 19.6. The molecule has 1 fully saturated rings. The quantitative estimate of drug-likeness (QED) is 0.855. The van der Waals surface area contributed by atoms with E-state index in [0.29, 0.717) is 17.8 Å². The van der Waals surface area contributed by atoms with Crippen LogP contribution in [0.3, 0.4) is 0 Å². The van der Waals surface area contributed by atoms with E-state index in [1.54, 1.807) is 12.3 Å². The lowest BCUT2D eigenvalue weighted by atomic mass is 9.83. The van der Waals surface area contributed by atoms with E-state index in [2.05, 4.69) is 4.98 Å². The third-order valence-corrected chi connectivity index (χ3v) is 3.83. The highest BCUT2D eigenvalue weighted by atomic mass is 19.1. The summed E-state index contributed by atoms with van der Waals surface area (Å²) in [7, 11) is 0.